The molecule has 7 nitrogen and oxygen atoms in total. The fourth-order valence-electron chi connectivity index (χ4n) is 1.75. The molecule has 0 bridgehead atoms. The number of carbonyl (C=O) groups is 2. The van der Waals surface area contributed by atoms with Crippen molar-refractivity contribution in [1.29, 1.82) is 0 Å². The van der Waals surface area contributed by atoms with Crippen LogP contribution in [0.25, 0.3) is 0 Å². The first-order valence-electron chi connectivity index (χ1n) is 7.73. The summed E-state index contributed by atoms with van der Waals surface area (Å²) in [7, 11) is -5.92. The number of esters is 2. The van der Waals surface area contributed by atoms with Gasteiger partial charge in [0, 0.05) is 0 Å². The molecule has 29 heavy (non-hydrogen) atoms. The predicted octanol–water partition coefficient (Wildman–Crippen LogP) is 1.21. The van der Waals surface area contributed by atoms with E-state index in [2.05, 4.69) is 11.3 Å². The van der Waals surface area contributed by atoms with E-state index in [1.807, 2.05) is 0 Å². The molecule has 0 atom stereocenters. The van der Waals surface area contributed by atoms with Crippen molar-refractivity contribution in [2.75, 3.05) is 0 Å². The zero-order valence-corrected chi connectivity index (χ0v) is 17.9. The van der Waals surface area contributed by atoms with Crippen molar-refractivity contribution in [3.8, 4) is 11.5 Å². The molecule has 1 N–H and O–H groups in total. The van der Waals surface area contributed by atoms with Crippen molar-refractivity contribution in [2.45, 2.75) is 12.2 Å². The molecular formula is C18H14F2O7STe. The van der Waals surface area contributed by atoms with Gasteiger partial charge in [-0.05, 0) is 0 Å². The summed E-state index contributed by atoms with van der Waals surface area (Å²) in [6.07, 6.45) is 0. The third-order valence-electron chi connectivity index (χ3n) is 3.21. The molecule has 2 aromatic rings. The van der Waals surface area contributed by atoms with Crippen LogP contribution in [0.4, 0.5) is 8.78 Å². The first-order valence-corrected chi connectivity index (χ1v) is 11.5. The Hall–Kier alpha value is -2.32. The molecule has 0 saturated heterocycles. The molecule has 0 spiro atoms. The standard InChI is InChI=1S/C18H14F2O7STe/c1-11(2)16(21)26-12-3-7-14(8-4-12)29-15-9-5-13(6-10-15)27-17(22)18(19,20)28(23,24)25/h3-10H,1H2,2H3,(H,23,24,25). The Bertz CT molecular complexity index is 1030. The van der Waals surface area contributed by atoms with Gasteiger partial charge in [0.05, 0.1) is 0 Å². The number of rotatable bonds is 7. The van der Waals surface area contributed by atoms with Gasteiger partial charge < -0.3 is 0 Å². The van der Waals surface area contributed by atoms with Gasteiger partial charge in [0.25, 0.3) is 0 Å². The molecule has 0 unspecified atom stereocenters. The van der Waals surface area contributed by atoms with Crippen molar-refractivity contribution in [1.82, 2.24) is 0 Å². The minimum atomic E-state index is -5.92. The van der Waals surface area contributed by atoms with E-state index in [1.54, 1.807) is 36.4 Å². The van der Waals surface area contributed by atoms with Crippen LogP contribution in [0, 0.1) is 0 Å². The Balaban J connectivity index is 2.01. The Morgan fingerprint density at radius 1 is 0.966 bits per heavy atom. The number of hydrogen-bond acceptors (Lipinski definition) is 6. The number of hydrogen-bond donors (Lipinski definition) is 1. The molecule has 0 aliphatic heterocycles. The third kappa shape index (κ3) is 6.08. The van der Waals surface area contributed by atoms with Crippen LogP contribution >= 0.6 is 0 Å². The number of ether oxygens (including phenoxy) is 2. The molecule has 0 aliphatic rings. The Labute approximate surface area is 175 Å². The maximum atomic E-state index is 13.2. The molecule has 2 rings (SSSR count). The van der Waals surface area contributed by atoms with Gasteiger partial charge in [-0.15, -0.1) is 0 Å². The molecule has 0 fully saturated rings. The number of carbonyl (C=O) groups excluding carboxylic acids is 2. The second-order valence-corrected chi connectivity index (χ2v) is 10.3. The first kappa shape index (κ1) is 23.0. The fraction of sp³-hybridized carbons (Fsp3) is 0.111. The van der Waals surface area contributed by atoms with Gasteiger partial charge >= 0.3 is 175 Å². The Kier molecular flexibility index (Phi) is 7.13. The van der Waals surface area contributed by atoms with Crippen LogP contribution in [0.5, 0.6) is 11.5 Å². The molecule has 0 radical (unpaired) electrons. The van der Waals surface area contributed by atoms with Crippen molar-refractivity contribution in [3.63, 3.8) is 0 Å². The van der Waals surface area contributed by atoms with Crippen LogP contribution in [0.1, 0.15) is 6.92 Å². The van der Waals surface area contributed by atoms with E-state index in [0.717, 1.165) is 7.22 Å². The van der Waals surface area contributed by atoms with Crippen LogP contribution in [0.3, 0.4) is 0 Å². The molecule has 0 heterocycles. The van der Waals surface area contributed by atoms with Crippen LogP contribution in [-0.2, 0) is 19.7 Å². The molecule has 154 valence electrons. The number of halogens is 2. The molecular weight excluding hydrogens is 526 g/mol. The van der Waals surface area contributed by atoms with Gasteiger partial charge in [-0.25, -0.2) is 0 Å². The Morgan fingerprint density at radius 2 is 1.38 bits per heavy atom. The van der Waals surface area contributed by atoms with E-state index in [9.17, 15) is 26.8 Å². The first-order chi connectivity index (χ1) is 13.4. The minimum absolute atomic E-state index is 0.276. The molecule has 2 aromatic carbocycles. The van der Waals surface area contributed by atoms with Crippen molar-refractivity contribution in [2.24, 2.45) is 0 Å². The summed E-state index contributed by atoms with van der Waals surface area (Å²) in [5.74, 6) is -2.85. The zero-order chi connectivity index (χ0) is 21.8. The summed E-state index contributed by atoms with van der Waals surface area (Å²) in [5.41, 5.74) is 0.276. The van der Waals surface area contributed by atoms with Crippen LogP contribution in [0.2, 0.25) is 0 Å². The van der Waals surface area contributed by atoms with Crippen LogP contribution in [0.15, 0.2) is 60.7 Å². The summed E-state index contributed by atoms with van der Waals surface area (Å²) >= 11 is -0.878. The van der Waals surface area contributed by atoms with Gasteiger partial charge in [-0.3, -0.25) is 0 Å². The van der Waals surface area contributed by atoms with E-state index in [1.165, 1.54) is 19.1 Å². The van der Waals surface area contributed by atoms with E-state index in [0.29, 0.717) is 5.75 Å². The molecule has 11 heteroatoms. The van der Waals surface area contributed by atoms with Crippen LogP contribution < -0.4 is 16.7 Å². The topological polar surface area (TPSA) is 107 Å². The molecule has 0 saturated carbocycles. The molecule has 0 amide bonds. The third-order valence-corrected chi connectivity index (χ3v) is 6.93. The van der Waals surface area contributed by atoms with E-state index in [-0.39, 0.29) is 11.3 Å². The monoisotopic (exact) mass is 542 g/mol. The Morgan fingerprint density at radius 3 is 1.76 bits per heavy atom. The summed E-state index contributed by atoms with van der Waals surface area (Å²) in [4.78, 5) is 22.7. The normalized spacial score (nSPS) is 11.6. The summed E-state index contributed by atoms with van der Waals surface area (Å²) < 4.78 is 67.1. The van der Waals surface area contributed by atoms with Crippen molar-refractivity contribution in [3.05, 3.63) is 60.7 Å². The SMILES string of the molecule is C=C(C)C(=O)Oc1ccc([Te]c2ccc(OC(=O)C(F)(F)S(=O)(=O)O)cc2)cc1. The quantitative estimate of drug-likeness (QED) is 0.185. The van der Waals surface area contributed by atoms with E-state index >= 15 is 0 Å². The second kappa shape index (κ2) is 9.00. The number of benzene rings is 2. The van der Waals surface area contributed by atoms with E-state index in [4.69, 9.17) is 9.29 Å². The predicted molar refractivity (Wildman–Crippen MR) is 100 cm³/mol. The second-order valence-electron chi connectivity index (χ2n) is 5.60. The summed E-state index contributed by atoms with van der Waals surface area (Å²) in [5, 5.41) is -5.06. The fourth-order valence-corrected chi connectivity index (χ4v) is 4.34. The van der Waals surface area contributed by atoms with Crippen molar-refractivity contribution < 1.29 is 40.8 Å². The van der Waals surface area contributed by atoms with Gasteiger partial charge in [0.1, 0.15) is 0 Å². The number of alkyl halides is 2. The van der Waals surface area contributed by atoms with Gasteiger partial charge in [-0.1, -0.05) is 0 Å². The molecule has 0 aliphatic carbocycles. The van der Waals surface area contributed by atoms with Crippen molar-refractivity contribution >= 4 is 50.2 Å². The zero-order valence-electron chi connectivity index (χ0n) is 14.8. The molecule has 0 aromatic heterocycles. The van der Waals surface area contributed by atoms with Gasteiger partial charge in [-0.2, -0.15) is 0 Å². The average molecular weight is 540 g/mol. The van der Waals surface area contributed by atoms with Gasteiger partial charge in [0.2, 0.25) is 0 Å². The van der Waals surface area contributed by atoms with Crippen LogP contribution in [-0.4, -0.2) is 51.1 Å². The van der Waals surface area contributed by atoms with E-state index < -0.39 is 48.2 Å². The van der Waals surface area contributed by atoms with Gasteiger partial charge in [0.15, 0.2) is 0 Å². The average Bonchev–Trinajstić information content (AvgIpc) is 2.63. The maximum absolute atomic E-state index is 13.2. The summed E-state index contributed by atoms with van der Waals surface area (Å²) in [6.45, 7) is 5.03. The summed E-state index contributed by atoms with van der Waals surface area (Å²) in [6, 6.07) is 12.4.